The normalized spacial score (nSPS) is 57.3. The highest BCUT2D eigenvalue weighted by atomic mass is 16.8. The number of rotatable bonds is 0. The average molecular weight is 164 g/mol. The fourth-order valence-electron chi connectivity index (χ4n) is 2.21. The molecule has 0 radical (unpaired) electrons. The molecule has 1 aliphatic carbocycles. The maximum absolute atomic E-state index is 5.65. The molecule has 0 aromatic heterocycles. The Morgan fingerprint density at radius 2 is 2.50 bits per heavy atom. The van der Waals surface area contributed by atoms with E-state index in [1.807, 2.05) is 12.2 Å². The van der Waals surface area contributed by atoms with E-state index in [1.54, 1.807) is 0 Å². The summed E-state index contributed by atoms with van der Waals surface area (Å²) in [6.45, 7) is 0. The summed E-state index contributed by atoms with van der Waals surface area (Å²) in [7, 11) is 0. The molecule has 0 N–H and O–H groups in total. The Kier molecular flexibility index (Phi) is 0.710. The van der Waals surface area contributed by atoms with Crippen LogP contribution >= 0.6 is 0 Å². The van der Waals surface area contributed by atoms with Gasteiger partial charge in [0, 0.05) is 6.42 Å². The third kappa shape index (κ3) is 0.472. The lowest BCUT2D eigenvalue weighted by atomic mass is 9.91. The minimum Gasteiger partial charge on any atom is -0.463 e. The van der Waals surface area contributed by atoms with Crippen LogP contribution in [0.25, 0.3) is 0 Å². The predicted octanol–water partition coefficient (Wildman–Crippen LogP) is 0.723. The first kappa shape index (κ1) is 5.78. The summed E-state index contributed by atoms with van der Waals surface area (Å²) >= 11 is 0. The summed E-state index contributed by atoms with van der Waals surface area (Å²) < 4.78 is 16.5. The van der Waals surface area contributed by atoms with Crippen molar-refractivity contribution in [3.8, 4) is 0 Å². The predicted molar refractivity (Wildman–Crippen MR) is 39.2 cm³/mol. The molecule has 0 aromatic carbocycles. The van der Waals surface area contributed by atoms with Crippen LogP contribution in [0.1, 0.15) is 6.42 Å². The SMILES string of the molecule is C1=CCC23OC2C2OC2OC3=C1. The molecule has 4 atom stereocenters. The fourth-order valence-corrected chi connectivity index (χ4v) is 2.21. The second kappa shape index (κ2) is 1.47. The van der Waals surface area contributed by atoms with Crippen molar-refractivity contribution in [3.05, 3.63) is 24.0 Å². The van der Waals surface area contributed by atoms with Crippen LogP contribution in [0.2, 0.25) is 0 Å². The Hall–Kier alpha value is -0.800. The lowest BCUT2D eigenvalue weighted by Crippen LogP contribution is -2.29. The minimum absolute atomic E-state index is 0.0108. The van der Waals surface area contributed by atoms with Crippen molar-refractivity contribution < 1.29 is 14.2 Å². The van der Waals surface area contributed by atoms with Crippen molar-refractivity contribution >= 4 is 0 Å². The van der Waals surface area contributed by atoms with Crippen LogP contribution in [-0.2, 0) is 14.2 Å². The average Bonchev–Trinajstić information content (AvgIpc) is 2.92. The van der Waals surface area contributed by atoms with Gasteiger partial charge in [-0.15, -0.1) is 0 Å². The molecule has 3 saturated heterocycles. The molecule has 12 heavy (non-hydrogen) atoms. The van der Waals surface area contributed by atoms with Crippen molar-refractivity contribution in [1.29, 1.82) is 0 Å². The molecule has 0 aromatic rings. The summed E-state index contributed by atoms with van der Waals surface area (Å²) in [5.41, 5.74) is -0.119. The molecule has 3 aliphatic heterocycles. The molecule has 4 aliphatic rings. The zero-order chi connectivity index (χ0) is 7.76. The van der Waals surface area contributed by atoms with Gasteiger partial charge in [0.15, 0.2) is 11.7 Å². The smallest absolute Gasteiger partial charge is 0.229 e. The highest BCUT2D eigenvalue weighted by Crippen LogP contribution is 2.59. The first-order valence-electron chi connectivity index (χ1n) is 4.27. The number of epoxide rings is 2. The highest BCUT2D eigenvalue weighted by Gasteiger charge is 2.74. The lowest BCUT2D eigenvalue weighted by Gasteiger charge is -2.20. The van der Waals surface area contributed by atoms with Crippen molar-refractivity contribution in [1.82, 2.24) is 0 Å². The summed E-state index contributed by atoms with van der Waals surface area (Å²) in [5.74, 6) is 0.966. The first-order valence-corrected chi connectivity index (χ1v) is 4.27. The Labute approximate surface area is 69.6 Å². The molecule has 4 rings (SSSR count). The van der Waals surface area contributed by atoms with Gasteiger partial charge in [-0.05, 0) is 6.08 Å². The van der Waals surface area contributed by atoms with Gasteiger partial charge < -0.3 is 14.2 Å². The van der Waals surface area contributed by atoms with Crippen LogP contribution in [0.4, 0.5) is 0 Å². The van der Waals surface area contributed by atoms with E-state index in [4.69, 9.17) is 14.2 Å². The molecule has 3 fully saturated rings. The topological polar surface area (TPSA) is 34.3 Å². The monoisotopic (exact) mass is 164 g/mol. The molecule has 3 heterocycles. The standard InChI is InChI=1S/C9H8O3/c1-2-4-9-5(3-1)10-8-6(11-8)7(9)12-9/h1-3,6-8H,4H2. The van der Waals surface area contributed by atoms with Crippen molar-refractivity contribution in [2.45, 2.75) is 30.5 Å². The van der Waals surface area contributed by atoms with E-state index in [0.29, 0.717) is 0 Å². The Bertz CT molecular complexity index is 320. The maximum atomic E-state index is 5.65. The van der Waals surface area contributed by atoms with Gasteiger partial charge in [0.1, 0.15) is 11.9 Å². The lowest BCUT2D eigenvalue weighted by molar-refractivity contribution is 0.0749. The quantitative estimate of drug-likeness (QED) is 0.495. The first-order chi connectivity index (χ1) is 5.90. The number of allylic oxidation sites excluding steroid dienone is 2. The Morgan fingerprint density at radius 1 is 1.50 bits per heavy atom. The van der Waals surface area contributed by atoms with Gasteiger partial charge in [-0.3, -0.25) is 0 Å². The van der Waals surface area contributed by atoms with Gasteiger partial charge in [-0.2, -0.15) is 0 Å². The van der Waals surface area contributed by atoms with Gasteiger partial charge in [-0.25, -0.2) is 0 Å². The maximum Gasteiger partial charge on any atom is 0.229 e. The van der Waals surface area contributed by atoms with Crippen LogP contribution in [0.5, 0.6) is 0 Å². The van der Waals surface area contributed by atoms with Crippen LogP contribution in [0.15, 0.2) is 24.0 Å². The zero-order valence-electron chi connectivity index (χ0n) is 6.40. The van der Waals surface area contributed by atoms with Gasteiger partial charge in [0.2, 0.25) is 6.29 Å². The minimum atomic E-state index is -0.119. The molecule has 1 spiro atoms. The second-order valence-corrected chi connectivity index (χ2v) is 3.68. The van der Waals surface area contributed by atoms with Gasteiger partial charge in [0.05, 0.1) is 0 Å². The number of ether oxygens (including phenoxy) is 3. The number of fused-ring (bicyclic) bond motifs is 2. The van der Waals surface area contributed by atoms with Gasteiger partial charge >= 0.3 is 0 Å². The van der Waals surface area contributed by atoms with E-state index in [-0.39, 0.29) is 24.1 Å². The molecular formula is C9H8O3. The molecule has 0 amide bonds. The van der Waals surface area contributed by atoms with Crippen LogP contribution < -0.4 is 0 Å². The molecule has 3 heteroatoms. The third-order valence-electron chi connectivity index (χ3n) is 2.99. The highest BCUT2D eigenvalue weighted by molar-refractivity contribution is 5.37. The van der Waals surface area contributed by atoms with Crippen LogP contribution in [0, 0.1) is 0 Å². The number of hydrogen-bond donors (Lipinski definition) is 0. The van der Waals surface area contributed by atoms with Gasteiger partial charge in [0.25, 0.3) is 0 Å². The summed E-state index contributed by atoms with van der Waals surface area (Å²) in [4.78, 5) is 0. The summed E-state index contributed by atoms with van der Waals surface area (Å²) in [6.07, 6.45) is 7.54. The van der Waals surface area contributed by atoms with E-state index in [0.717, 1.165) is 12.2 Å². The van der Waals surface area contributed by atoms with Crippen molar-refractivity contribution in [3.63, 3.8) is 0 Å². The molecule has 3 nitrogen and oxygen atoms in total. The second-order valence-electron chi connectivity index (χ2n) is 3.68. The molecule has 0 saturated carbocycles. The van der Waals surface area contributed by atoms with E-state index < -0.39 is 0 Å². The van der Waals surface area contributed by atoms with Crippen molar-refractivity contribution in [2.75, 3.05) is 0 Å². The third-order valence-corrected chi connectivity index (χ3v) is 2.99. The van der Waals surface area contributed by atoms with Crippen molar-refractivity contribution in [2.24, 2.45) is 0 Å². The van der Waals surface area contributed by atoms with E-state index in [9.17, 15) is 0 Å². The van der Waals surface area contributed by atoms with E-state index in [2.05, 4.69) is 6.08 Å². The molecule has 4 unspecified atom stereocenters. The molecule has 0 bridgehead atoms. The Morgan fingerprint density at radius 3 is 3.50 bits per heavy atom. The van der Waals surface area contributed by atoms with Crippen LogP contribution in [-0.4, -0.2) is 24.1 Å². The van der Waals surface area contributed by atoms with E-state index >= 15 is 0 Å². The largest absolute Gasteiger partial charge is 0.463 e. The fraction of sp³-hybridized carbons (Fsp3) is 0.556. The summed E-state index contributed by atoms with van der Waals surface area (Å²) in [5, 5.41) is 0. The molecular weight excluding hydrogens is 156 g/mol. The zero-order valence-corrected chi connectivity index (χ0v) is 6.40. The van der Waals surface area contributed by atoms with Crippen LogP contribution in [0.3, 0.4) is 0 Å². The number of hydrogen-bond acceptors (Lipinski definition) is 3. The summed E-state index contributed by atoms with van der Waals surface area (Å²) in [6, 6.07) is 0. The molecule has 62 valence electrons. The van der Waals surface area contributed by atoms with Gasteiger partial charge in [-0.1, -0.05) is 12.2 Å². The Balaban J connectivity index is 1.83. The van der Waals surface area contributed by atoms with E-state index in [1.165, 1.54) is 0 Å².